The number of H-pyrrole nitrogens is 1. The van der Waals surface area contributed by atoms with Crippen LogP contribution in [0, 0.1) is 6.92 Å². The molecule has 2 aromatic rings. The number of imidazole rings is 2. The summed E-state index contributed by atoms with van der Waals surface area (Å²) in [7, 11) is 0. The van der Waals surface area contributed by atoms with Crippen LogP contribution in [0.25, 0.3) is 5.78 Å². The molecule has 62 valence electrons. The van der Waals surface area contributed by atoms with E-state index in [1.807, 2.05) is 0 Å². The molecular formula is C7H7N3O2. The first-order chi connectivity index (χ1) is 5.70. The third-order valence-electron chi connectivity index (χ3n) is 1.74. The van der Waals surface area contributed by atoms with Gasteiger partial charge in [0.2, 0.25) is 5.78 Å². The Bertz CT molecular complexity index is 440. The van der Waals surface area contributed by atoms with Gasteiger partial charge in [-0.3, -0.25) is 4.40 Å². The maximum Gasteiger partial charge on any atom is 0.354 e. The normalized spacial score (nSPS) is 10.8. The van der Waals surface area contributed by atoms with Gasteiger partial charge in [-0.1, -0.05) is 0 Å². The van der Waals surface area contributed by atoms with Gasteiger partial charge in [0.1, 0.15) is 0 Å². The minimum atomic E-state index is -0.947. The zero-order valence-corrected chi connectivity index (χ0v) is 6.40. The van der Waals surface area contributed by atoms with Gasteiger partial charge in [0.15, 0.2) is 5.69 Å². The van der Waals surface area contributed by atoms with Crippen molar-refractivity contribution in [1.82, 2.24) is 14.4 Å². The smallest absolute Gasteiger partial charge is 0.354 e. The van der Waals surface area contributed by atoms with Crippen molar-refractivity contribution in [3.8, 4) is 0 Å². The van der Waals surface area contributed by atoms with E-state index in [-0.39, 0.29) is 5.69 Å². The lowest BCUT2D eigenvalue weighted by Gasteiger charge is -1.90. The molecule has 0 unspecified atom stereocenters. The number of hydrogen-bond acceptors (Lipinski definition) is 2. The number of rotatable bonds is 1. The molecule has 12 heavy (non-hydrogen) atoms. The number of hydrogen-bond donors (Lipinski definition) is 2. The average molecular weight is 165 g/mol. The van der Waals surface area contributed by atoms with E-state index in [0.717, 1.165) is 0 Å². The third kappa shape index (κ3) is 0.730. The van der Waals surface area contributed by atoms with Gasteiger partial charge in [0.25, 0.3) is 0 Å². The highest BCUT2D eigenvalue weighted by atomic mass is 16.4. The van der Waals surface area contributed by atoms with Crippen molar-refractivity contribution in [3.05, 3.63) is 23.8 Å². The highest BCUT2D eigenvalue weighted by Crippen LogP contribution is 2.09. The van der Waals surface area contributed by atoms with Crippen LogP contribution in [-0.2, 0) is 0 Å². The van der Waals surface area contributed by atoms with Crippen molar-refractivity contribution in [3.63, 3.8) is 0 Å². The van der Waals surface area contributed by atoms with E-state index in [4.69, 9.17) is 5.11 Å². The Balaban J connectivity index is 2.84. The first kappa shape index (κ1) is 6.90. The van der Waals surface area contributed by atoms with E-state index in [2.05, 4.69) is 9.97 Å². The largest absolute Gasteiger partial charge is 0.477 e. The second-order valence-electron chi connectivity index (χ2n) is 2.52. The van der Waals surface area contributed by atoms with Crippen LogP contribution in [0.15, 0.2) is 12.4 Å². The van der Waals surface area contributed by atoms with Crippen LogP contribution in [0.1, 0.15) is 16.2 Å². The number of carboxylic acid groups (broad SMARTS) is 1. The fraction of sp³-hybridized carbons (Fsp3) is 0.143. The molecule has 0 saturated carbocycles. The number of aromatic carboxylic acids is 1. The number of aromatic amines is 1. The SMILES string of the molecule is Cc1[nH]c2nccn2c1C(=O)O. The van der Waals surface area contributed by atoms with Crippen LogP contribution >= 0.6 is 0 Å². The minimum absolute atomic E-state index is 0.238. The summed E-state index contributed by atoms with van der Waals surface area (Å²) in [6, 6.07) is 0. The van der Waals surface area contributed by atoms with E-state index in [9.17, 15) is 4.79 Å². The van der Waals surface area contributed by atoms with Crippen molar-refractivity contribution in [2.24, 2.45) is 0 Å². The monoisotopic (exact) mass is 165 g/mol. The predicted molar refractivity (Wildman–Crippen MR) is 41.2 cm³/mol. The van der Waals surface area contributed by atoms with Crippen LogP contribution in [0.5, 0.6) is 0 Å². The summed E-state index contributed by atoms with van der Waals surface area (Å²) in [6.07, 6.45) is 3.17. The Hall–Kier alpha value is -1.78. The lowest BCUT2D eigenvalue weighted by Crippen LogP contribution is -2.02. The molecule has 0 atom stereocenters. The fourth-order valence-electron chi connectivity index (χ4n) is 1.25. The van der Waals surface area contributed by atoms with Gasteiger partial charge in [-0.2, -0.15) is 0 Å². The molecule has 0 amide bonds. The quantitative estimate of drug-likeness (QED) is 0.652. The van der Waals surface area contributed by atoms with E-state index in [1.165, 1.54) is 4.40 Å². The topological polar surface area (TPSA) is 70.4 Å². The van der Waals surface area contributed by atoms with Gasteiger partial charge in [-0.25, -0.2) is 9.78 Å². The zero-order valence-electron chi connectivity index (χ0n) is 6.40. The van der Waals surface area contributed by atoms with E-state index >= 15 is 0 Å². The van der Waals surface area contributed by atoms with Gasteiger partial charge in [-0.05, 0) is 6.92 Å². The number of aryl methyl sites for hydroxylation is 1. The number of carbonyl (C=O) groups is 1. The molecule has 0 aliphatic carbocycles. The molecule has 2 heterocycles. The van der Waals surface area contributed by atoms with Gasteiger partial charge < -0.3 is 10.1 Å². The Morgan fingerprint density at radius 1 is 1.75 bits per heavy atom. The summed E-state index contributed by atoms with van der Waals surface area (Å²) in [6.45, 7) is 1.71. The number of nitrogens with zero attached hydrogens (tertiary/aromatic N) is 2. The van der Waals surface area contributed by atoms with Gasteiger partial charge in [0, 0.05) is 18.1 Å². The maximum atomic E-state index is 10.7. The van der Waals surface area contributed by atoms with Gasteiger partial charge >= 0.3 is 5.97 Å². The molecule has 0 aromatic carbocycles. The average Bonchev–Trinajstić information content (AvgIpc) is 2.44. The molecule has 0 fully saturated rings. The fourth-order valence-corrected chi connectivity index (χ4v) is 1.25. The number of fused-ring (bicyclic) bond motifs is 1. The Labute approximate surface area is 67.7 Å². The summed E-state index contributed by atoms with van der Waals surface area (Å²) in [5.41, 5.74) is 0.855. The summed E-state index contributed by atoms with van der Waals surface area (Å²) in [4.78, 5) is 17.5. The first-order valence-electron chi connectivity index (χ1n) is 3.45. The summed E-state index contributed by atoms with van der Waals surface area (Å²) < 4.78 is 1.51. The van der Waals surface area contributed by atoms with Gasteiger partial charge in [0.05, 0.1) is 0 Å². The van der Waals surface area contributed by atoms with Crippen molar-refractivity contribution in [1.29, 1.82) is 0 Å². The third-order valence-corrected chi connectivity index (χ3v) is 1.74. The molecule has 0 spiro atoms. The molecule has 5 heteroatoms. The lowest BCUT2D eigenvalue weighted by atomic mass is 10.3. The Morgan fingerprint density at radius 3 is 3.17 bits per heavy atom. The van der Waals surface area contributed by atoms with Crippen molar-refractivity contribution >= 4 is 11.7 Å². The van der Waals surface area contributed by atoms with Crippen LogP contribution < -0.4 is 0 Å². The number of aromatic nitrogens is 3. The van der Waals surface area contributed by atoms with Crippen molar-refractivity contribution in [2.75, 3.05) is 0 Å². The summed E-state index contributed by atoms with van der Waals surface area (Å²) >= 11 is 0. The number of nitrogens with one attached hydrogen (secondary N) is 1. The molecule has 0 saturated heterocycles. The molecule has 0 bridgehead atoms. The molecule has 2 rings (SSSR count). The minimum Gasteiger partial charge on any atom is -0.477 e. The summed E-state index contributed by atoms with van der Waals surface area (Å²) in [5, 5.41) is 8.80. The highest BCUT2D eigenvalue weighted by molar-refractivity contribution is 5.88. The molecular weight excluding hydrogens is 158 g/mol. The highest BCUT2D eigenvalue weighted by Gasteiger charge is 2.14. The van der Waals surface area contributed by atoms with Crippen LogP contribution in [0.3, 0.4) is 0 Å². The van der Waals surface area contributed by atoms with Crippen molar-refractivity contribution < 1.29 is 9.90 Å². The molecule has 0 aliphatic rings. The maximum absolute atomic E-state index is 10.7. The molecule has 2 aromatic heterocycles. The molecule has 5 nitrogen and oxygen atoms in total. The molecule has 2 N–H and O–H groups in total. The van der Waals surface area contributed by atoms with Crippen LogP contribution in [0.4, 0.5) is 0 Å². The predicted octanol–water partition coefficient (Wildman–Crippen LogP) is 0.669. The standard InChI is InChI=1S/C7H7N3O2/c1-4-5(6(11)12)10-3-2-8-7(10)9-4/h2-3H,1H3,(H,8,9)(H,11,12). The lowest BCUT2D eigenvalue weighted by molar-refractivity contribution is 0.0688. The zero-order chi connectivity index (χ0) is 8.72. The van der Waals surface area contributed by atoms with Crippen molar-refractivity contribution in [2.45, 2.75) is 6.92 Å². The van der Waals surface area contributed by atoms with Gasteiger partial charge in [-0.15, -0.1) is 0 Å². The first-order valence-corrected chi connectivity index (χ1v) is 3.45. The Morgan fingerprint density at radius 2 is 2.50 bits per heavy atom. The second-order valence-corrected chi connectivity index (χ2v) is 2.52. The summed E-state index contributed by atoms with van der Waals surface area (Å²) in [5.74, 6) is -0.387. The van der Waals surface area contributed by atoms with Crippen LogP contribution in [-0.4, -0.2) is 25.4 Å². The molecule has 0 aliphatic heterocycles. The molecule has 0 radical (unpaired) electrons. The van der Waals surface area contributed by atoms with E-state index in [0.29, 0.717) is 11.5 Å². The van der Waals surface area contributed by atoms with E-state index < -0.39 is 5.97 Å². The Kier molecular flexibility index (Phi) is 1.21. The second kappa shape index (κ2) is 2.10. The van der Waals surface area contributed by atoms with Crippen LogP contribution in [0.2, 0.25) is 0 Å². The van der Waals surface area contributed by atoms with E-state index in [1.54, 1.807) is 19.3 Å². The number of carboxylic acids is 1.